The largest absolute Gasteiger partial charge is 0.380 e. The monoisotopic (exact) mass is 532 g/mol. The molecule has 1 aliphatic heterocycles. The van der Waals surface area contributed by atoms with Gasteiger partial charge in [0.15, 0.2) is 0 Å². The van der Waals surface area contributed by atoms with Crippen molar-refractivity contribution in [2.45, 2.75) is 50.0 Å². The van der Waals surface area contributed by atoms with E-state index in [1.165, 1.54) is 49.9 Å². The lowest BCUT2D eigenvalue weighted by molar-refractivity contribution is 0.403. The second-order valence-corrected chi connectivity index (χ2v) is 12.2. The van der Waals surface area contributed by atoms with Gasteiger partial charge < -0.3 is 9.88 Å². The summed E-state index contributed by atoms with van der Waals surface area (Å²) in [5.74, 6) is 0.870. The Morgan fingerprint density at radius 1 is 0.780 bits per heavy atom. The fourth-order valence-corrected chi connectivity index (χ4v) is 7.76. The molecule has 2 heteroatoms. The van der Waals surface area contributed by atoms with Gasteiger partial charge in [-0.05, 0) is 79.6 Å². The number of hydrogen-bond acceptors (Lipinski definition) is 1. The number of rotatable bonds is 4. The molecular formula is C39H36N2. The van der Waals surface area contributed by atoms with E-state index in [-0.39, 0.29) is 5.41 Å². The summed E-state index contributed by atoms with van der Waals surface area (Å²) in [7, 11) is 0. The third-order valence-electron chi connectivity index (χ3n) is 9.88. The van der Waals surface area contributed by atoms with Gasteiger partial charge in [0, 0.05) is 45.4 Å². The van der Waals surface area contributed by atoms with Gasteiger partial charge in [0.25, 0.3) is 0 Å². The standard InChI is InChI=1S/C39H36N2/c1-39(30-19-9-4-10-20-30)34-26-37-33(25-35(34)40-38(39)28-16-7-3-8-17-28)32-22-11-12-23-36(32)41(37)31-21-13-18-29(24-31)27-14-5-2-6-15-27/h2-3,5-9,11-14,16,18-28,38,40H,4,10,15,17H2,1H3. The summed E-state index contributed by atoms with van der Waals surface area (Å²) in [5, 5.41) is 6.69. The maximum absolute atomic E-state index is 4.07. The predicted molar refractivity (Wildman–Crippen MR) is 174 cm³/mol. The molecular weight excluding hydrogens is 496 g/mol. The number of aromatic nitrogens is 1. The van der Waals surface area contributed by atoms with E-state index in [0.717, 1.165) is 25.7 Å². The van der Waals surface area contributed by atoms with Crippen LogP contribution in [-0.2, 0) is 5.41 Å². The number of allylic oxidation sites excluding steroid dienone is 10. The molecule has 3 aliphatic carbocycles. The minimum atomic E-state index is -0.122. The normalized spacial score (nSPS) is 26.5. The van der Waals surface area contributed by atoms with E-state index < -0.39 is 0 Å². The van der Waals surface area contributed by atoms with Gasteiger partial charge in [0.05, 0.1) is 11.0 Å². The second-order valence-electron chi connectivity index (χ2n) is 12.2. The maximum Gasteiger partial charge on any atom is 0.0545 e. The molecule has 2 heterocycles. The first-order valence-corrected chi connectivity index (χ1v) is 15.2. The number of nitrogens with zero attached hydrogens (tertiary/aromatic N) is 1. The molecule has 2 nitrogen and oxygen atoms in total. The molecule has 3 aromatic carbocycles. The summed E-state index contributed by atoms with van der Waals surface area (Å²) >= 11 is 0. The molecule has 0 amide bonds. The molecule has 0 saturated heterocycles. The van der Waals surface area contributed by atoms with Crippen LogP contribution in [0.3, 0.4) is 0 Å². The molecule has 0 radical (unpaired) electrons. The van der Waals surface area contributed by atoms with Crippen molar-refractivity contribution in [1.29, 1.82) is 0 Å². The van der Waals surface area contributed by atoms with Crippen LogP contribution < -0.4 is 5.32 Å². The van der Waals surface area contributed by atoms with Crippen LogP contribution in [0.15, 0.2) is 133 Å². The Morgan fingerprint density at radius 3 is 2.46 bits per heavy atom. The van der Waals surface area contributed by atoms with Crippen LogP contribution in [0.5, 0.6) is 0 Å². The summed E-state index contributed by atoms with van der Waals surface area (Å²) < 4.78 is 2.50. The summed E-state index contributed by atoms with van der Waals surface area (Å²) in [4.78, 5) is 0. The molecule has 1 N–H and O–H groups in total. The van der Waals surface area contributed by atoms with Crippen LogP contribution in [0.1, 0.15) is 49.7 Å². The highest BCUT2D eigenvalue weighted by atomic mass is 15.0. The van der Waals surface area contributed by atoms with E-state index in [9.17, 15) is 0 Å². The van der Waals surface area contributed by atoms with Crippen molar-refractivity contribution in [3.05, 3.63) is 144 Å². The highest BCUT2D eigenvalue weighted by Gasteiger charge is 2.48. The van der Waals surface area contributed by atoms with Gasteiger partial charge in [-0.25, -0.2) is 0 Å². The van der Waals surface area contributed by atoms with Crippen molar-refractivity contribution in [2.24, 2.45) is 5.92 Å². The van der Waals surface area contributed by atoms with Gasteiger partial charge >= 0.3 is 0 Å². The summed E-state index contributed by atoms with van der Waals surface area (Å²) in [6, 6.07) is 23.3. The highest BCUT2D eigenvalue weighted by Crippen LogP contribution is 2.52. The zero-order chi connectivity index (χ0) is 27.4. The number of para-hydroxylation sites is 1. The molecule has 0 bridgehead atoms. The van der Waals surface area contributed by atoms with Crippen LogP contribution >= 0.6 is 0 Å². The van der Waals surface area contributed by atoms with E-state index >= 15 is 0 Å². The molecule has 0 spiro atoms. The van der Waals surface area contributed by atoms with E-state index in [0.29, 0.717) is 17.9 Å². The Labute approximate surface area is 242 Å². The molecule has 0 saturated carbocycles. The van der Waals surface area contributed by atoms with Crippen molar-refractivity contribution < 1.29 is 0 Å². The second kappa shape index (κ2) is 9.66. The molecule has 0 fully saturated rings. The Morgan fingerprint density at radius 2 is 1.66 bits per heavy atom. The molecule has 4 aromatic rings. The Kier molecular flexibility index (Phi) is 5.77. The quantitative estimate of drug-likeness (QED) is 0.277. The highest BCUT2D eigenvalue weighted by molar-refractivity contribution is 6.11. The van der Waals surface area contributed by atoms with E-state index in [2.05, 4.69) is 144 Å². The van der Waals surface area contributed by atoms with E-state index in [4.69, 9.17) is 0 Å². The van der Waals surface area contributed by atoms with Crippen LogP contribution in [0.2, 0.25) is 0 Å². The summed E-state index contributed by atoms with van der Waals surface area (Å²) in [5.41, 5.74) is 9.17. The van der Waals surface area contributed by atoms with Crippen molar-refractivity contribution in [2.75, 3.05) is 5.32 Å². The maximum atomic E-state index is 4.07. The zero-order valence-electron chi connectivity index (χ0n) is 23.6. The van der Waals surface area contributed by atoms with Crippen molar-refractivity contribution >= 4 is 27.5 Å². The van der Waals surface area contributed by atoms with Crippen molar-refractivity contribution in [3.63, 3.8) is 0 Å². The third-order valence-corrected chi connectivity index (χ3v) is 9.88. The smallest absolute Gasteiger partial charge is 0.0545 e. The molecule has 1 aromatic heterocycles. The lowest BCUT2D eigenvalue weighted by Gasteiger charge is -2.38. The Hall–Kier alpha value is -4.30. The Balaban J connectivity index is 1.35. The van der Waals surface area contributed by atoms with Gasteiger partial charge in [-0.1, -0.05) is 97.2 Å². The fourth-order valence-electron chi connectivity index (χ4n) is 7.76. The van der Waals surface area contributed by atoms with Crippen LogP contribution in [0.4, 0.5) is 5.69 Å². The van der Waals surface area contributed by atoms with Crippen LogP contribution in [0.25, 0.3) is 27.5 Å². The number of benzene rings is 3. The average Bonchev–Trinajstić information content (AvgIpc) is 3.53. The predicted octanol–water partition coefficient (Wildman–Crippen LogP) is 9.84. The lowest BCUT2D eigenvalue weighted by Crippen LogP contribution is -2.43. The Bertz CT molecular complexity index is 1860. The van der Waals surface area contributed by atoms with Crippen LogP contribution in [0, 0.1) is 5.92 Å². The SMILES string of the molecule is CC1(C2=CCCC=C2)c2cc3c(cc2NC1C1C=CC=CC1)c1ccccc1n3-c1cccc(C2C=CC=CC2)c1. The molecule has 4 aliphatic rings. The molecule has 41 heavy (non-hydrogen) atoms. The van der Waals surface area contributed by atoms with Gasteiger partial charge in [0.1, 0.15) is 0 Å². The molecule has 4 unspecified atom stereocenters. The zero-order valence-corrected chi connectivity index (χ0v) is 23.6. The number of nitrogens with one attached hydrogen (secondary N) is 1. The third kappa shape index (κ3) is 3.84. The lowest BCUT2D eigenvalue weighted by atomic mass is 9.66. The molecule has 4 atom stereocenters. The fraction of sp³-hybridized carbons (Fsp3) is 0.231. The topological polar surface area (TPSA) is 17.0 Å². The van der Waals surface area contributed by atoms with Crippen molar-refractivity contribution in [1.82, 2.24) is 4.57 Å². The average molecular weight is 533 g/mol. The minimum absolute atomic E-state index is 0.122. The summed E-state index contributed by atoms with van der Waals surface area (Å²) in [6.07, 6.45) is 29.7. The molecule has 8 rings (SSSR count). The number of anilines is 1. The van der Waals surface area contributed by atoms with Gasteiger partial charge in [-0.3, -0.25) is 0 Å². The van der Waals surface area contributed by atoms with Crippen LogP contribution in [-0.4, -0.2) is 10.6 Å². The van der Waals surface area contributed by atoms with E-state index in [1.54, 1.807) is 0 Å². The van der Waals surface area contributed by atoms with Gasteiger partial charge in [0.2, 0.25) is 0 Å². The number of fused-ring (bicyclic) bond motifs is 4. The van der Waals surface area contributed by atoms with Gasteiger partial charge in [-0.2, -0.15) is 0 Å². The minimum Gasteiger partial charge on any atom is -0.380 e. The first kappa shape index (κ1) is 24.5. The molecule has 202 valence electrons. The first-order valence-electron chi connectivity index (χ1n) is 15.2. The summed E-state index contributed by atoms with van der Waals surface area (Å²) in [6.45, 7) is 2.48. The first-order chi connectivity index (χ1) is 20.2. The van der Waals surface area contributed by atoms with Crippen molar-refractivity contribution in [3.8, 4) is 5.69 Å². The van der Waals surface area contributed by atoms with E-state index in [1.807, 2.05) is 0 Å². The number of hydrogen-bond donors (Lipinski definition) is 1. The van der Waals surface area contributed by atoms with Gasteiger partial charge in [-0.15, -0.1) is 0 Å².